The quantitative estimate of drug-likeness (QED) is 0.359. The second-order valence-corrected chi connectivity index (χ2v) is 9.58. The first-order valence-electron chi connectivity index (χ1n) is 8.60. The number of furan rings is 1. The second kappa shape index (κ2) is 8.75. The van der Waals surface area contributed by atoms with Crippen LogP contribution in [0, 0.1) is 10.1 Å². The van der Waals surface area contributed by atoms with E-state index in [-0.39, 0.29) is 27.8 Å². The average Bonchev–Trinajstić information content (AvgIpc) is 3.25. The molecule has 31 heavy (non-hydrogen) atoms. The minimum atomic E-state index is -4.24. The molecule has 0 atom stereocenters. The third-order valence-electron chi connectivity index (χ3n) is 4.07. The fourth-order valence-corrected chi connectivity index (χ4v) is 4.69. The highest BCUT2D eigenvalue weighted by atomic mass is 32.2. The number of nitrogens with zero attached hydrogens (tertiary/aromatic N) is 1. The van der Waals surface area contributed by atoms with Crippen molar-refractivity contribution in [2.45, 2.75) is 16.3 Å². The van der Waals surface area contributed by atoms with E-state index >= 15 is 0 Å². The van der Waals surface area contributed by atoms with E-state index in [1.165, 1.54) is 31.6 Å². The number of nitro groups is 1. The maximum Gasteiger partial charge on any atom is 0.312 e. The lowest BCUT2D eigenvalue weighted by molar-refractivity contribution is -0.386. The number of nitrogens with one attached hydrogen (secondary N) is 2. The molecule has 0 fully saturated rings. The summed E-state index contributed by atoms with van der Waals surface area (Å²) < 4.78 is 64.8. The number of ether oxygens (including phenoxy) is 1. The lowest BCUT2D eigenvalue weighted by atomic mass is 10.3. The molecule has 0 spiro atoms. The number of benzene rings is 2. The largest absolute Gasteiger partial charge is 0.490 e. The van der Waals surface area contributed by atoms with Gasteiger partial charge in [0.25, 0.3) is 10.0 Å². The average molecular weight is 467 g/mol. The molecule has 0 radical (unpaired) electrons. The van der Waals surface area contributed by atoms with Gasteiger partial charge in [-0.1, -0.05) is 6.07 Å². The van der Waals surface area contributed by atoms with Crippen LogP contribution in [0.4, 0.5) is 11.4 Å². The summed E-state index contributed by atoms with van der Waals surface area (Å²) in [4.78, 5) is 9.82. The van der Waals surface area contributed by atoms with E-state index in [1.807, 2.05) is 0 Å². The molecule has 0 bridgehead atoms. The van der Waals surface area contributed by atoms with Gasteiger partial charge in [0.1, 0.15) is 5.76 Å². The Morgan fingerprint density at radius 3 is 2.39 bits per heavy atom. The van der Waals surface area contributed by atoms with Crippen molar-refractivity contribution in [3.05, 3.63) is 76.7 Å². The van der Waals surface area contributed by atoms with E-state index in [1.54, 1.807) is 12.1 Å². The molecule has 1 aromatic heterocycles. The van der Waals surface area contributed by atoms with E-state index in [2.05, 4.69) is 9.44 Å². The first-order valence-corrected chi connectivity index (χ1v) is 11.6. The SMILES string of the molecule is COc1ccc(S(=O)(=O)Nc2cccc(S(=O)(=O)NCc3ccco3)c2)cc1[N+](=O)[O-]. The molecule has 0 saturated carbocycles. The predicted octanol–water partition coefficient (Wildman–Crippen LogP) is 2.48. The van der Waals surface area contributed by atoms with Crippen LogP contribution in [0.15, 0.2) is 75.1 Å². The van der Waals surface area contributed by atoms with Crippen LogP contribution in [0.1, 0.15) is 5.76 Å². The van der Waals surface area contributed by atoms with Gasteiger partial charge in [-0.05, 0) is 42.5 Å². The Bertz CT molecular complexity index is 1300. The summed E-state index contributed by atoms with van der Waals surface area (Å²) in [6.45, 7) is -0.0825. The van der Waals surface area contributed by atoms with Gasteiger partial charge in [0.15, 0.2) is 5.75 Å². The van der Waals surface area contributed by atoms with E-state index in [0.717, 1.165) is 24.3 Å². The zero-order chi connectivity index (χ0) is 22.6. The maximum absolute atomic E-state index is 12.7. The molecule has 0 aliphatic rings. The molecule has 0 saturated heterocycles. The fraction of sp³-hybridized carbons (Fsp3) is 0.111. The molecule has 3 aromatic rings. The molecule has 13 heteroatoms. The molecule has 1 heterocycles. The van der Waals surface area contributed by atoms with Crippen molar-refractivity contribution in [3.8, 4) is 5.75 Å². The minimum Gasteiger partial charge on any atom is -0.490 e. The van der Waals surface area contributed by atoms with Crippen molar-refractivity contribution < 1.29 is 30.9 Å². The van der Waals surface area contributed by atoms with E-state index < -0.39 is 30.7 Å². The highest BCUT2D eigenvalue weighted by molar-refractivity contribution is 7.92. The number of nitro benzene ring substituents is 1. The van der Waals surface area contributed by atoms with Crippen LogP contribution >= 0.6 is 0 Å². The minimum absolute atomic E-state index is 0.0423. The van der Waals surface area contributed by atoms with Crippen LogP contribution in [0.25, 0.3) is 0 Å². The Labute approximate surface area is 177 Å². The highest BCUT2D eigenvalue weighted by Crippen LogP contribution is 2.30. The molecule has 3 rings (SSSR count). The monoisotopic (exact) mass is 467 g/mol. The Hall–Kier alpha value is -3.42. The third-order valence-corrected chi connectivity index (χ3v) is 6.85. The number of hydrogen-bond acceptors (Lipinski definition) is 8. The summed E-state index contributed by atoms with van der Waals surface area (Å²) in [7, 11) is -6.98. The molecule has 0 aliphatic carbocycles. The molecule has 11 nitrogen and oxygen atoms in total. The first-order chi connectivity index (χ1) is 14.6. The summed E-state index contributed by atoms with van der Waals surface area (Å²) in [6, 6.07) is 11.5. The van der Waals surface area contributed by atoms with Crippen LogP contribution in [-0.4, -0.2) is 28.9 Å². The number of rotatable bonds is 9. The lowest BCUT2D eigenvalue weighted by Gasteiger charge is -2.11. The van der Waals surface area contributed by atoms with E-state index in [4.69, 9.17) is 9.15 Å². The molecule has 0 amide bonds. The van der Waals surface area contributed by atoms with E-state index in [0.29, 0.717) is 5.76 Å². The second-order valence-electron chi connectivity index (χ2n) is 6.13. The first kappa shape index (κ1) is 22.3. The highest BCUT2D eigenvalue weighted by Gasteiger charge is 2.23. The summed E-state index contributed by atoms with van der Waals surface area (Å²) in [6.07, 6.45) is 1.41. The summed E-state index contributed by atoms with van der Waals surface area (Å²) >= 11 is 0. The normalized spacial score (nSPS) is 11.8. The Morgan fingerprint density at radius 2 is 1.74 bits per heavy atom. The topological polar surface area (TPSA) is 158 Å². The summed E-state index contributed by atoms with van der Waals surface area (Å²) in [5.41, 5.74) is -0.567. The van der Waals surface area contributed by atoms with Crippen molar-refractivity contribution >= 4 is 31.4 Å². The summed E-state index contributed by atoms with van der Waals surface area (Å²) in [5.74, 6) is 0.307. The van der Waals surface area contributed by atoms with Crippen molar-refractivity contribution in [2.24, 2.45) is 0 Å². The molecule has 2 N–H and O–H groups in total. The Kier molecular flexibility index (Phi) is 6.29. The standard InChI is InChI=1S/C18H17N3O8S2/c1-28-18-8-7-16(11-17(18)21(22)23)31(26,27)20-13-4-2-6-15(10-13)30(24,25)19-12-14-5-3-9-29-14/h2-11,19-20H,12H2,1H3. The Morgan fingerprint density at radius 1 is 1.00 bits per heavy atom. The van der Waals surface area contributed by atoms with Crippen LogP contribution in [-0.2, 0) is 26.6 Å². The molecule has 164 valence electrons. The van der Waals surface area contributed by atoms with Crippen LogP contribution in [0.5, 0.6) is 5.75 Å². The number of anilines is 1. The van der Waals surface area contributed by atoms with Gasteiger partial charge in [0.05, 0.1) is 40.3 Å². The van der Waals surface area contributed by atoms with Gasteiger partial charge in [0.2, 0.25) is 10.0 Å². The predicted molar refractivity (Wildman–Crippen MR) is 110 cm³/mol. The van der Waals surface area contributed by atoms with Gasteiger partial charge in [-0.25, -0.2) is 21.6 Å². The van der Waals surface area contributed by atoms with Crippen LogP contribution in [0.3, 0.4) is 0 Å². The van der Waals surface area contributed by atoms with Gasteiger partial charge in [-0.2, -0.15) is 0 Å². The zero-order valence-corrected chi connectivity index (χ0v) is 17.6. The van der Waals surface area contributed by atoms with Gasteiger partial charge >= 0.3 is 5.69 Å². The van der Waals surface area contributed by atoms with Crippen LogP contribution in [0.2, 0.25) is 0 Å². The molecular formula is C18H17N3O8S2. The smallest absolute Gasteiger partial charge is 0.312 e. The number of hydrogen-bond donors (Lipinski definition) is 2. The summed E-state index contributed by atoms with van der Waals surface area (Å²) in [5, 5.41) is 11.1. The fourth-order valence-electron chi connectivity index (χ4n) is 2.58. The maximum atomic E-state index is 12.7. The van der Waals surface area contributed by atoms with Crippen molar-refractivity contribution in [2.75, 3.05) is 11.8 Å². The number of methoxy groups -OCH3 is 1. The van der Waals surface area contributed by atoms with Gasteiger partial charge < -0.3 is 9.15 Å². The third kappa shape index (κ3) is 5.20. The van der Waals surface area contributed by atoms with Gasteiger partial charge in [0, 0.05) is 6.07 Å². The molecule has 2 aromatic carbocycles. The molecule has 0 unspecified atom stereocenters. The molecular weight excluding hydrogens is 450 g/mol. The lowest BCUT2D eigenvalue weighted by Crippen LogP contribution is -2.23. The van der Waals surface area contributed by atoms with Crippen molar-refractivity contribution in [3.63, 3.8) is 0 Å². The van der Waals surface area contributed by atoms with Crippen molar-refractivity contribution in [1.82, 2.24) is 4.72 Å². The van der Waals surface area contributed by atoms with Crippen molar-refractivity contribution in [1.29, 1.82) is 0 Å². The van der Waals surface area contributed by atoms with Gasteiger partial charge in [-0.15, -0.1) is 0 Å². The number of sulfonamides is 2. The van der Waals surface area contributed by atoms with E-state index in [9.17, 15) is 26.9 Å². The van der Waals surface area contributed by atoms with Crippen LogP contribution < -0.4 is 14.2 Å². The Balaban J connectivity index is 1.84. The van der Waals surface area contributed by atoms with Gasteiger partial charge in [-0.3, -0.25) is 14.8 Å². The zero-order valence-electron chi connectivity index (χ0n) is 16.0. The molecule has 0 aliphatic heterocycles.